The van der Waals surface area contributed by atoms with E-state index in [2.05, 4.69) is 36.5 Å². The van der Waals surface area contributed by atoms with Crippen LogP contribution in [0.25, 0.3) is 0 Å². The minimum absolute atomic E-state index is 0.0160. The molecule has 22 heavy (non-hydrogen) atoms. The normalized spacial score (nSPS) is 24.1. The zero-order chi connectivity index (χ0) is 15.4. The van der Waals surface area contributed by atoms with E-state index in [1.807, 2.05) is 0 Å². The predicted molar refractivity (Wildman–Crippen MR) is 84.9 cm³/mol. The molecule has 0 radical (unpaired) electrons. The van der Waals surface area contributed by atoms with Crippen molar-refractivity contribution in [3.05, 3.63) is 35.4 Å². The maximum Gasteiger partial charge on any atom is 0.249 e. The Labute approximate surface area is 132 Å². The highest BCUT2D eigenvalue weighted by Gasteiger charge is 2.36. The van der Waals surface area contributed by atoms with Crippen LogP contribution in [0.4, 0.5) is 0 Å². The summed E-state index contributed by atoms with van der Waals surface area (Å²) in [7, 11) is 0. The van der Waals surface area contributed by atoms with Gasteiger partial charge < -0.3 is 14.8 Å². The van der Waals surface area contributed by atoms with Gasteiger partial charge >= 0.3 is 0 Å². The van der Waals surface area contributed by atoms with Gasteiger partial charge in [-0.2, -0.15) is 0 Å². The van der Waals surface area contributed by atoms with Crippen LogP contribution in [0.1, 0.15) is 36.8 Å². The van der Waals surface area contributed by atoms with E-state index in [1.165, 1.54) is 11.1 Å². The van der Waals surface area contributed by atoms with E-state index in [0.717, 1.165) is 38.9 Å². The molecule has 2 aliphatic heterocycles. The van der Waals surface area contributed by atoms with E-state index < -0.39 is 0 Å². The number of carbonyl (C=O) groups excluding carboxylic acids is 1. The molecule has 2 heterocycles. The average Bonchev–Trinajstić information content (AvgIpc) is 3.08. The molecule has 3 rings (SSSR count). The number of carbonyl (C=O) groups is 1. The number of amides is 1. The predicted octanol–water partition coefficient (Wildman–Crippen LogP) is 2.34. The summed E-state index contributed by atoms with van der Waals surface area (Å²) in [5, 5.41) is 3.14. The first kappa shape index (κ1) is 15.5. The number of nitrogens with one attached hydrogen (secondary N) is 1. The first-order valence-corrected chi connectivity index (χ1v) is 8.24. The van der Waals surface area contributed by atoms with E-state index in [0.29, 0.717) is 13.2 Å². The van der Waals surface area contributed by atoms with Crippen LogP contribution in [0.2, 0.25) is 0 Å². The fraction of sp³-hybridized carbons (Fsp3) is 0.611. The van der Waals surface area contributed by atoms with Gasteiger partial charge in [0.05, 0.1) is 0 Å². The van der Waals surface area contributed by atoms with Crippen molar-refractivity contribution in [2.24, 2.45) is 0 Å². The summed E-state index contributed by atoms with van der Waals surface area (Å²) < 4.78 is 11.0. The van der Waals surface area contributed by atoms with Gasteiger partial charge in [0, 0.05) is 31.8 Å². The molecule has 120 valence electrons. The highest BCUT2D eigenvalue weighted by molar-refractivity contribution is 5.81. The first-order valence-electron chi connectivity index (χ1n) is 8.24. The Morgan fingerprint density at radius 2 is 2.05 bits per heavy atom. The van der Waals surface area contributed by atoms with E-state index >= 15 is 0 Å². The number of aryl methyl sites for hydroxylation is 1. The lowest BCUT2D eigenvalue weighted by molar-refractivity contribution is -0.130. The summed E-state index contributed by atoms with van der Waals surface area (Å²) in [5.41, 5.74) is 2.61. The Kier molecular flexibility index (Phi) is 4.79. The fourth-order valence-corrected chi connectivity index (χ4v) is 3.63. The lowest BCUT2D eigenvalue weighted by Crippen LogP contribution is -2.47. The Morgan fingerprint density at radius 3 is 2.73 bits per heavy atom. The highest BCUT2D eigenvalue weighted by Crippen LogP contribution is 2.36. The standard InChI is InChI=1S/C18H25NO3/c1-14-5-2-3-6-15(14)18(8-11-21-12-9-18)13-19-17(20)16-7-4-10-22-16/h2-3,5-6,16H,4,7-13H2,1H3,(H,19,20)/t16-/m1/s1. The fourth-order valence-electron chi connectivity index (χ4n) is 3.63. The third-order valence-electron chi connectivity index (χ3n) is 4.99. The molecule has 1 N–H and O–H groups in total. The largest absolute Gasteiger partial charge is 0.381 e. The molecule has 2 fully saturated rings. The third-order valence-corrected chi connectivity index (χ3v) is 4.99. The summed E-state index contributed by atoms with van der Waals surface area (Å²) in [6.07, 6.45) is 3.46. The number of ether oxygens (including phenoxy) is 2. The van der Waals surface area contributed by atoms with E-state index in [-0.39, 0.29) is 17.4 Å². The van der Waals surface area contributed by atoms with E-state index in [4.69, 9.17) is 9.47 Å². The molecule has 0 aromatic heterocycles. The number of rotatable bonds is 4. The van der Waals surface area contributed by atoms with Crippen molar-refractivity contribution in [3.8, 4) is 0 Å². The quantitative estimate of drug-likeness (QED) is 0.929. The van der Waals surface area contributed by atoms with Crippen molar-refractivity contribution in [3.63, 3.8) is 0 Å². The molecule has 4 nitrogen and oxygen atoms in total. The molecule has 0 bridgehead atoms. The van der Waals surface area contributed by atoms with Gasteiger partial charge in [-0.3, -0.25) is 4.79 Å². The lowest BCUT2D eigenvalue weighted by atomic mass is 9.72. The molecule has 4 heteroatoms. The van der Waals surface area contributed by atoms with Gasteiger partial charge in [-0.1, -0.05) is 24.3 Å². The van der Waals surface area contributed by atoms with Crippen LogP contribution in [0.15, 0.2) is 24.3 Å². The van der Waals surface area contributed by atoms with Crippen molar-refractivity contribution < 1.29 is 14.3 Å². The Bertz CT molecular complexity index is 517. The van der Waals surface area contributed by atoms with Crippen molar-refractivity contribution in [1.29, 1.82) is 0 Å². The highest BCUT2D eigenvalue weighted by atomic mass is 16.5. The van der Waals surface area contributed by atoms with Crippen molar-refractivity contribution in [2.45, 2.75) is 44.1 Å². The Hall–Kier alpha value is -1.39. The molecule has 0 spiro atoms. The third kappa shape index (κ3) is 3.18. The van der Waals surface area contributed by atoms with Crippen LogP contribution in [-0.2, 0) is 19.7 Å². The molecule has 1 amide bonds. The number of hydrogen-bond donors (Lipinski definition) is 1. The van der Waals surface area contributed by atoms with Crippen molar-refractivity contribution in [2.75, 3.05) is 26.4 Å². The molecule has 0 saturated carbocycles. The van der Waals surface area contributed by atoms with Gasteiger partial charge in [0.25, 0.3) is 0 Å². The zero-order valence-corrected chi connectivity index (χ0v) is 13.3. The Balaban J connectivity index is 1.75. The topological polar surface area (TPSA) is 47.6 Å². The van der Waals surface area contributed by atoms with Crippen LogP contribution < -0.4 is 5.32 Å². The minimum atomic E-state index is -0.256. The van der Waals surface area contributed by atoms with Gasteiger partial charge in [0.2, 0.25) is 5.91 Å². The summed E-state index contributed by atoms with van der Waals surface area (Å²) in [6.45, 7) is 5.03. The smallest absolute Gasteiger partial charge is 0.249 e. The molecule has 0 unspecified atom stereocenters. The maximum absolute atomic E-state index is 12.3. The van der Waals surface area contributed by atoms with Crippen LogP contribution in [0, 0.1) is 6.92 Å². The molecule has 1 aromatic rings. The maximum atomic E-state index is 12.3. The molecule has 2 saturated heterocycles. The SMILES string of the molecule is Cc1ccccc1C1(CNC(=O)[C@H]2CCCO2)CCOCC1. The summed E-state index contributed by atoms with van der Waals surface area (Å²) in [6, 6.07) is 8.49. The van der Waals surface area contributed by atoms with Crippen LogP contribution in [0.3, 0.4) is 0 Å². The van der Waals surface area contributed by atoms with Gasteiger partial charge in [0.1, 0.15) is 6.10 Å². The van der Waals surface area contributed by atoms with Gasteiger partial charge in [0.15, 0.2) is 0 Å². The second-order valence-electron chi connectivity index (χ2n) is 6.43. The zero-order valence-electron chi connectivity index (χ0n) is 13.3. The second kappa shape index (κ2) is 6.80. The first-order chi connectivity index (χ1) is 10.7. The number of benzene rings is 1. The monoisotopic (exact) mass is 303 g/mol. The summed E-state index contributed by atoms with van der Waals surface area (Å²) >= 11 is 0. The summed E-state index contributed by atoms with van der Waals surface area (Å²) in [4.78, 5) is 12.3. The van der Waals surface area contributed by atoms with Crippen molar-refractivity contribution in [1.82, 2.24) is 5.32 Å². The van der Waals surface area contributed by atoms with Gasteiger partial charge in [-0.15, -0.1) is 0 Å². The summed E-state index contributed by atoms with van der Waals surface area (Å²) in [5.74, 6) is 0.0388. The van der Waals surface area contributed by atoms with Crippen molar-refractivity contribution >= 4 is 5.91 Å². The van der Waals surface area contributed by atoms with Crippen LogP contribution in [0.5, 0.6) is 0 Å². The van der Waals surface area contributed by atoms with Gasteiger partial charge in [-0.05, 0) is 43.7 Å². The van der Waals surface area contributed by atoms with Crippen LogP contribution >= 0.6 is 0 Å². The second-order valence-corrected chi connectivity index (χ2v) is 6.43. The Morgan fingerprint density at radius 1 is 1.27 bits per heavy atom. The lowest BCUT2D eigenvalue weighted by Gasteiger charge is -2.39. The molecule has 2 aliphatic rings. The van der Waals surface area contributed by atoms with Gasteiger partial charge in [-0.25, -0.2) is 0 Å². The minimum Gasteiger partial charge on any atom is -0.381 e. The van der Waals surface area contributed by atoms with E-state index in [1.54, 1.807) is 0 Å². The molecule has 1 aromatic carbocycles. The molecule has 1 atom stereocenters. The molecular formula is C18H25NO3. The number of hydrogen-bond acceptors (Lipinski definition) is 3. The molecule has 0 aliphatic carbocycles. The van der Waals surface area contributed by atoms with E-state index in [9.17, 15) is 4.79 Å². The molecular weight excluding hydrogens is 278 g/mol. The average molecular weight is 303 g/mol. The van der Waals surface area contributed by atoms with Crippen LogP contribution in [-0.4, -0.2) is 38.4 Å².